The van der Waals surface area contributed by atoms with Crippen molar-refractivity contribution in [3.8, 4) is 11.5 Å². The molecule has 3 aliphatic rings. The van der Waals surface area contributed by atoms with Crippen LogP contribution < -0.4 is 4.74 Å². The molecule has 3 aliphatic heterocycles. The molecule has 0 aromatic heterocycles. The number of carbonyl (C=O) groups excluding carboxylic acids is 1. The van der Waals surface area contributed by atoms with E-state index in [1.54, 1.807) is 11.0 Å². The first-order valence-corrected chi connectivity index (χ1v) is 11.4. The van der Waals surface area contributed by atoms with Crippen molar-refractivity contribution >= 4 is 27.7 Å². The van der Waals surface area contributed by atoms with Crippen molar-refractivity contribution < 1.29 is 19.4 Å². The lowest BCUT2D eigenvalue weighted by molar-refractivity contribution is -0.147. The number of piperidine rings is 1. The van der Waals surface area contributed by atoms with E-state index in [-0.39, 0.29) is 17.9 Å². The second-order valence-electron chi connectivity index (χ2n) is 8.04. The summed E-state index contributed by atoms with van der Waals surface area (Å²) in [7, 11) is 0. The maximum atomic E-state index is 12.2. The number of hydrogen-bond donors (Lipinski definition) is 1. The van der Waals surface area contributed by atoms with Crippen LogP contribution in [0.4, 0.5) is 4.79 Å². The van der Waals surface area contributed by atoms with Crippen molar-refractivity contribution in [2.45, 2.75) is 38.0 Å². The second-order valence-corrected chi connectivity index (χ2v) is 8.96. The van der Waals surface area contributed by atoms with E-state index < -0.39 is 5.72 Å². The average molecular weight is 486 g/mol. The number of ether oxygens (including phenoxy) is 2. The third-order valence-electron chi connectivity index (χ3n) is 6.24. The summed E-state index contributed by atoms with van der Waals surface area (Å²) in [6, 6.07) is 13.4. The Labute approximate surface area is 189 Å². The Bertz CT molecular complexity index is 1050. The molecule has 0 bridgehead atoms. The predicted molar refractivity (Wildman–Crippen MR) is 119 cm³/mol. The normalized spacial score (nSPS) is 21.2. The van der Waals surface area contributed by atoms with E-state index in [2.05, 4.69) is 27.0 Å². The van der Waals surface area contributed by atoms with E-state index >= 15 is 0 Å². The molecule has 1 N–H and O–H groups in total. The molecule has 1 saturated heterocycles. The molecule has 5 rings (SSSR count). The van der Waals surface area contributed by atoms with Gasteiger partial charge in [0.05, 0.1) is 18.4 Å². The maximum Gasteiger partial charge on any atom is 0.409 e. The van der Waals surface area contributed by atoms with E-state index in [0.29, 0.717) is 39.0 Å². The number of aromatic hydroxyl groups is 1. The van der Waals surface area contributed by atoms with E-state index in [1.165, 1.54) is 0 Å². The number of hydrogen-bond acceptors (Lipinski definition) is 6. The smallest absolute Gasteiger partial charge is 0.409 e. The number of rotatable bonds is 2. The van der Waals surface area contributed by atoms with E-state index in [4.69, 9.17) is 14.6 Å². The fourth-order valence-electron chi connectivity index (χ4n) is 4.72. The van der Waals surface area contributed by atoms with Gasteiger partial charge in [-0.3, -0.25) is 0 Å². The van der Waals surface area contributed by atoms with Gasteiger partial charge in [-0.15, -0.1) is 0 Å². The van der Waals surface area contributed by atoms with E-state index in [1.807, 2.05) is 37.3 Å². The van der Waals surface area contributed by atoms with Gasteiger partial charge in [0.1, 0.15) is 11.5 Å². The summed E-state index contributed by atoms with van der Waals surface area (Å²) in [4.78, 5) is 13.9. The zero-order valence-corrected chi connectivity index (χ0v) is 18.8. The molecule has 7 nitrogen and oxygen atoms in total. The number of hydrazone groups is 1. The fraction of sp³-hybridized carbons (Fsp3) is 0.391. The minimum Gasteiger partial charge on any atom is -0.507 e. The molecule has 31 heavy (non-hydrogen) atoms. The second kappa shape index (κ2) is 7.75. The van der Waals surface area contributed by atoms with Gasteiger partial charge in [-0.25, -0.2) is 9.80 Å². The minimum absolute atomic E-state index is 0.00463. The van der Waals surface area contributed by atoms with Crippen LogP contribution >= 0.6 is 15.9 Å². The Morgan fingerprint density at radius 1 is 1.29 bits per heavy atom. The summed E-state index contributed by atoms with van der Waals surface area (Å²) >= 11 is 3.58. The summed E-state index contributed by atoms with van der Waals surface area (Å²) in [6.07, 6.45) is 1.63. The van der Waals surface area contributed by atoms with Crippen molar-refractivity contribution in [2.75, 3.05) is 19.7 Å². The molecule has 1 atom stereocenters. The van der Waals surface area contributed by atoms with Crippen LogP contribution in [-0.2, 0) is 4.74 Å². The van der Waals surface area contributed by atoms with Crippen molar-refractivity contribution in [3.63, 3.8) is 0 Å². The van der Waals surface area contributed by atoms with Gasteiger partial charge in [-0.1, -0.05) is 28.1 Å². The first-order valence-electron chi connectivity index (χ1n) is 10.6. The number of phenolic OH excluding ortho intramolecular Hbond substituents is 1. The maximum absolute atomic E-state index is 12.2. The highest BCUT2D eigenvalue weighted by Crippen LogP contribution is 2.50. The summed E-state index contributed by atoms with van der Waals surface area (Å²) in [5.41, 5.74) is 2.02. The van der Waals surface area contributed by atoms with Gasteiger partial charge in [0, 0.05) is 48.0 Å². The average Bonchev–Trinajstić information content (AvgIpc) is 3.22. The highest BCUT2D eigenvalue weighted by atomic mass is 79.9. The lowest BCUT2D eigenvalue weighted by Crippen LogP contribution is -2.59. The number of para-hydroxylation sites is 1. The SMILES string of the molecule is CCOC(=O)N1CCC2(CC1)Oc1ccc(Br)cc1C1CC(c3ccccc3O)=NN12. The van der Waals surface area contributed by atoms with Crippen LogP contribution in [0.5, 0.6) is 11.5 Å². The summed E-state index contributed by atoms with van der Waals surface area (Å²) < 4.78 is 12.7. The summed E-state index contributed by atoms with van der Waals surface area (Å²) in [5.74, 6) is 1.07. The van der Waals surface area contributed by atoms with Gasteiger partial charge in [0.25, 0.3) is 0 Å². The Morgan fingerprint density at radius 2 is 2.06 bits per heavy atom. The molecule has 0 aliphatic carbocycles. The lowest BCUT2D eigenvalue weighted by Gasteiger charge is -2.51. The molecule has 2 aromatic rings. The van der Waals surface area contributed by atoms with Gasteiger partial charge in [0.2, 0.25) is 5.72 Å². The molecule has 1 amide bonds. The molecular weight excluding hydrogens is 462 g/mol. The van der Waals surface area contributed by atoms with Gasteiger partial charge < -0.3 is 19.5 Å². The van der Waals surface area contributed by atoms with Crippen LogP contribution in [0.2, 0.25) is 0 Å². The highest BCUT2D eigenvalue weighted by Gasteiger charge is 2.52. The molecule has 162 valence electrons. The number of halogens is 1. The standard InChI is InChI=1S/C23H24BrN3O4/c1-2-30-22(29)26-11-9-23(10-12-26)27-19(17-13-15(24)7-8-21(17)31-23)14-18(25-27)16-5-3-4-6-20(16)28/h3-8,13,19,28H,2,9-12,14H2,1H3. The summed E-state index contributed by atoms with van der Waals surface area (Å²) in [6.45, 7) is 3.25. The Morgan fingerprint density at radius 3 is 2.81 bits per heavy atom. The van der Waals surface area contributed by atoms with Crippen LogP contribution in [0.15, 0.2) is 52.0 Å². The number of amides is 1. The van der Waals surface area contributed by atoms with Crippen molar-refractivity contribution in [3.05, 3.63) is 58.1 Å². The van der Waals surface area contributed by atoms with Crippen LogP contribution in [0.25, 0.3) is 0 Å². The first-order chi connectivity index (χ1) is 15.0. The van der Waals surface area contributed by atoms with Crippen LogP contribution in [-0.4, -0.2) is 52.2 Å². The van der Waals surface area contributed by atoms with E-state index in [0.717, 1.165) is 27.1 Å². The van der Waals surface area contributed by atoms with Gasteiger partial charge in [-0.05, 0) is 37.3 Å². The molecule has 1 unspecified atom stereocenters. The number of phenols is 1. The van der Waals surface area contributed by atoms with Crippen LogP contribution in [0.3, 0.4) is 0 Å². The number of likely N-dealkylation sites (tertiary alicyclic amines) is 1. The lowest BCUT2D eigenvalue weighted by atomic mass is 9.90. The largest absolute Gasteiger partial charge is 0.507 e. The third-order valence-corrected chi connectivity index (χ3v) is 6.74. The number of fused-ring (bicyclic) bond motifs is 4. The molecule has 0 saturated carbocycles. The molecular formula is C23H24BrN3O4. The van der Waals surface area contributed by atoms with Crippen molar-refractivity contribution in [2.24, 2.45) is 5.10 Å². The fourth-order valence-corrected chi connectivity index (χ4v) is 5.10. The zero-order valence-electron chi connectivity index (χ0n) is 17.3. The Kier molecular flexibility index (Phi) is 5.04. The molecule has 3 heterocycles. The Hall–Kier alpha value is -2.74. The number of carbonyl (C=O) groups is 1. The van der Waals surface area contributed by atoms with Gasteiger partial charge in [-0.2, -0.15) is 5.10 Å². The molecule has 1 spiro atoms. The monoisotopic (exact) mass is 485 g/mol. The highest BCUT2D eigenvalue weighted by molar-refractivity contribution is 9.10. The number of benzene rings is 2. The zero-order chi connectivity index (χ0) is 21.6. The minimum atomic E-state index is -0.638. The van der Waals surface area contributed by atoms with E-state index in [9.17, 15) is 9.90 Å². The molecule has 1 fully saturated rings. The van der Waals surface area contributed by atoms with Crippen molar-refractivity contribution in [1.82, 2.24) is 9.91 Å². The first kappa shape index (κ1) is 20.2. The number of nitrogens with zero attached hydrogens (tertiary/aromatic N) is 3. The van der Waals surface area contributed by atoms with Crippen LogP contribution in [0, 0.1) is 0 Å². The Balaban J connectivity index is 1.51. The predicted octanol–water partition coefficient (Wildman–Crippen LogP) is 4.65. The molecule has 0 radical (unpaired) electrons. The third kappa shape index (κ3) is 3.43. The van der Waals surface area contributed by atoms with Crippen molar-refractivity contribution in [1.29, 1.82) is 0 Å². The quantitative estimate of drug-likeness (QED) is 0.669. The summed E-state index contributed by atoms with van der Waals surface area (Å²) in [5, 5.41) is 17.4. The molecule has 8 heteroatoms. The van der Waals surface area contributed by atoms with Gasteiger partial charge in [0.15, 0.2) is 0 Å². The topological polar surface area (TPSA) is 74.6 Å². The molecule has 2 aromatic carbocycles. The van der Waals surface area contributed by atoms with Gasteiger partial charge >= 0.3 is 6.09 Å². The van der Waals surface area contributed by atoms with Crippen LogP contribution in [0.1, 0.15) is 43.4 Å².